The second kappa shape index (κ2) is 8.11. The third-order valence-electron chi connectivity index (χ3n) is 3.45. The molecule has 0 bridgehead atoms. The van der Waals surface area contributed by atoms with Crippen LogP contribution in [0.3, 0.4) is 0 Å². The Bertz CT molecular complexity index is 249. The molecule has 0 N–H and O–H groups in total. The van der Waals surface area contributed by atoms with Crippen LogP contribution in [0, 0.1) is 11.8 Å². The van der Waals surface area contributed by atoms with Gasteiger partial charge < -0.3 is 9.47 Å². The summed E-state index contributed by atoms with van der Waals surface area (Å²) in [6.07, 6.45) is 6.38. The zero-order chi connectivity index (χ0) is 13.4. The van der Waals surface area contributed by atoms with E-state index in [4.69, 9.17) is 9.47 Å². The fraction of sp³-hybridized carbons (Fsp3) is 0.857. The molecule has 18 heavy (non-hydrogen) atoms. The highest BCUT2D eigenvalue weighted by Crippen LogP contribution is 2.30. The molecule has 104 valence electrons. The Morgan fingerprint density at radius 2 is 1.39 bits per heavy atom. The van der Waals surface area contributed by atoms with Crippen molar-refractivity contribution < 1.29 is 19.1 Å². The summed E-state index contributed by atoms with van der Waals surface area (Å²) in [7, 11) is 0. The topological polar surface area (TPSA) is 52.6 Å². The van der Waals surface area contributed by atoms with Gasteiger partial charge in [0.15, 0.2) is 5.92 Å². The Morgan fingerprint density at radius 1 is 0.944 bits per heavy atom. The highest BCUT2D eigenvalue weighted by molar-refractivity contribution is 5.95. The molecular weight excluding hydrogens is 232 g/mol. The van der Waals surface area contributed by atoms with Crippen LogP contribution in [0.4, 0.5) is 0 Å². The van der Waals surface area contributed by atoms with Gasteiger partial charge in [0.2, 0.25) is 0 Å². The molecule has 0 aromatic heterocycles. The predicted octanol–water partition coefficient (Wildman–Crippen LogP) is 2.70. The summed E-state index contributed by atoms with van der Waals surface area (Å²) in [4.78, 5) is 23.9. The van der Waals surface area contributed by atoms with Gasteiger partial charge in [-0.05, 0) is 32.6 Å². The first-order valence-corrected chi connectivity index (χ1v) is 7.04. The highest BCUT2D eigenvalue weighted by Gasteiger charge is 2.37. The lowest BCUT2D eigenvalue weighted by Crippen LogP contribution is -2.34. The first-order valence-electron chi connectivity index (χ1n) is 7.04. The quantitative estimate of drug-likeness (QED) is 0.431. The van der Waals surface area contributed by atoms with Crippen molar-refractivity contribution in [3.63, 3.8) is 0 Å². The molecule has 1 fully saturated rings. The molecule has 0 atom stereocenters. The molecule has 0 spiro atoms. The SMILES string of the molecule is CCOC(=O)C(C(=O)OCC)C1CCCCCC1. The van der Waals surface area contributed by atoms with Crippen LogP contribution in [0.1, 0.15) is 52.4 Å². The minimum Gasteiger partial charge on any atom is -0.465 e. The number of carbonyl (C=O) groups is 2. The van der Waals surface area contributed by atoms with Gasteiger partial charge in [-0.2, -0.15) is 0 Å². The van der Waals surface area contributed by atoms with Crippen molar-refractivity contribution in [2.24, 2.45) is 11.8 Å². The zero-order valence-corrected chi connectivity index (χ0v) is 11.4. The molecule has 0 unspecified atom stereocenters. The van der Waals surface area contributed by atoms with E-state index < -0.39 is 17.9 Å². The van der Waals surface area contributed by atoms with Crippen LogP contribution in [-0.2, 0) is 19.1 Å². The molecule has 0 amide bonds. The summed E-state index contributed by atoms with van der Waals surface area (Å²) >= 11 is 0. The van der Waals surface area contributed by atoms with Gasteiger partial charge in [-0.3, -0.25) is 9.59 Å². The Labute approximate surface area is 109 Å². The molecule has 1 aliphatic rings. The van der Waals surface area contributed by atoms with Crippen LogP contribution < -0.4 is 0 Å². The van der Waals surface area contributed by atoms with Crippen LogP contribution in [0.2, 0.25) is 0 Å². The Hall–Kier alpha value is -1.06. The second-order valence-electron chi connectivity index (χ2n) is 4.73. The van der Waals surface area contributed by atoms with E-state index in [1.54, 1.807) is 13.8 Å². The minimum absolute atomic E-state index is 0.0885. The maximum atomic E-state index is 11.9. The lowest BCUT2D eigenvalue weighted by atomic mass is 9.86. The number of rotatable bonds is 5. The van der Waals surface area contributed by atoms with Crippen LogP contribution >= 0.6 is 0 Å². The van der Waals surface area contributed by atoms with Gasteiger partial charge in [-0.25, -0.2) is 0 Å². The maximum Gasteiger partial charge on any atom is 0.320 e. The number of esters is 2. The Kier molecular flexibility index (Phi) is 6.76. The minimum atomic E-state index is -0.719. The largest absolute Gasteiger partial charge is 0.465 e. The summed E-state index contributed by atoms with van der Waals surface area (Å²) in [5, 5.41) is 0. The van der Waals surface area contributed by atoms with Gasteiger partial charge in [-0.15, -0.1) is 0 Å². The van der Waals surface area contributed by atoms with E-state index in [0.717, 1.165) is 25.7 Å². The molecule has 0 aromatic carbocycles. The van der Waals surface area contributed by atoms with Gasteiger partial charge in [0, 0.05) is 0 Å². The number of hydrogen-bond donors (Lipinski definition) is 0. The van der Waals surface area contributed by atoms with Crippen molar-refractivity contribution in [3.05, 3.63) is 0 Å². The number of hydrogen-bond acceptors (Lipinski definition) is 4. The number of ether oxygens (including phenoxy) is 2. The summed E-state index contributed by atoms with van der Waals surface area (Å²) in [5.41, 5.74) is 0. The number of carbonyl (C=O) groups excluding carboxylic acids is 2. The predicted molar refractivity (Wildman–Crippen MR) is 67.9 cm³/mol. The zero-order valence-electron chi connectivity index (χ0n) is 11.4. The van der Waals surface area contributed by atoms with E-state index in [9.17, 15) is 9.59 Å². The van der Waals surface area contributed by atoms with Crippen molar-refractivity contribution >= 4 is 11.9 Å². The third-order valence-corrected chi connectivity index (χ3v) is 3.45. The standard InChI is InChI=1S/C14H24O4/c1-3-17-13(15)12(14(16)18-4-2)11-9-7-5-6-8-10-11/h11-12H,3-10H2,1-2H3. The van der Waals surface area contributed by atoms with Crippen molar-refractivity contribution in [1.82, 2.24) is 0 Å². The van der Waals surface area contributed by atoms with E-state index >= 15 is 0 Å². The van der Waals surface area contributed by atoms with Crippen molar-refractivity contribution in [1.29, 1.82) is 0 Å². The van der Waals surface area contributed by atoms with Gasteiger partial charge in [-0.1, -0.05) is 25.7 Å². The van der Waals surface area contributed by atoms with E-state index in [0.29, 0.717) is 13.2 Å². The van der Waals surface area contributed by atoms with Crippen LogP contribution in [0.15, 0.2) is 0 Å². The first-order chi connectivity index (χ1) is 8.70. The van der Waals surface area contributed by atoms with Crippen LogP contribution in [0.5, 0.6) is 0 Å². The molecule has 4 nitrogen and oxygen atoms in total. The third kappa shape index (κ3) is 4.31. The molecule has 0 aromatic rings. The van der Waals surface area contributed by atoms with E-state index in [-0.39, 0.29) is 5.92 Å². The summed E-state index contributed by atoms with van der Waals surface area (Å²) in [6, 6.07) is 0. The lowest BCUT2D eigenvalue weighted by Gasteiger charge is -2.22. The van der Waals surface area contributed by atoms with Crippen LogP contribution in [0.25, 0.3) is 0 Å². The van der Waals surface area contributed by atoms with Crippen LogP contribution in [-0.4, -0.2) is 25.2 Å². The monoisotopic (exact) mass is 256 g/mol. The van der Waals surface area contributed by atoms with E-state index in [1.807, 2.05) is 0 Å². The van der Waals surface area contributed by atoms with Gasteiger partial charge in [0.05, 0.1) is 13.2 Å². The molecule has 1 rings (SSSR count). The fourth-order valence-electron chi connectivity index (χ4n) is 2.59. The molecule has 1 saturated carbocycles. The highest BCUT2D eigenvalue weighted by atomic mass is 16.6. The van der Waals surface area contributed by atoms with Crippen molar-refractivity contribution in [3.8, 4) is 0 Å². The molecule has 0 aliphatic heterocycles. The van der Waals surface area contributed by atoms with Gasteiger partial charge in [0.25, 0.3) is 0 Å². The summed E-state index contributed by atoms with van der Waals surface area (Å²) < 4.78 is 10.1. The lowest BCUT2D eigenvalue weighted by molar-refractivity contribution is -0.164. The van der Waals surface area contributed by atoms with Gasteiger partial charge in [0.1, 0.15) is 0 Å². The molecule has 4 heteroatoms. The molecule has 0 heterocycles. The first kappa shape index (κ1) is 15.0. The average molecular weight is 256 g/mol. The van der Waals surface area contributed by atoms with E-state index in [2.05, 4.69) is 0 Å². The smallest absolute Gasteiger partial charge is 0.320 e. The second-order valence-corrected chi connectivity index (χ2v) is 4.73. The molecule has 1 aliphatic carbocycles. The molecule has 0 saturated heterocycles. The van der Waals surface area contributed by atoms with Crippen molar-refractivity contribution in [2.75, 3.05) is 13.2 Å². The Balaban J connectivity index is 2.73. The average Bonchev–Trinajstić information content (AvgIpc) is 2.59. The van der Waals surface area contributed by atoms with Gasteiger partial charge >= 0.3 is 11.9 Å². The fourth-order valence-corrected chi connectivity index (χ4v) is 2.59. The van der Waals surface area contributed by atoms with E-state index in [1.165, 1.54) is 12.8 Å². The normalized spacial score (nSPS) is 17.3. The summed E-state index contributed by atoms with van der Waals surface area (Å²) in [6.45, 7) is 4.13. The summed E-state index contributed by atoms with van der Waals surface area (Å²) in [5.74, 6) is -1.46. The molecule has 0 radical (unpaired) electrons. The van der Waals surface area contributed by atoms with Crippen molar-refractivity contribution in [2.45, 2.75) is 52.4 Å². The Morgan fingerprint density at radius 3 is 1.78 bits per heavy atom. The molecular formula is C14H24O4. The maximum absolute atomic E-state index is 11.9.